The molecule has 19 heavy (non-hydrogen) atoms. The molecule has 0 aliphatic heterocycles. The third-order valence-corrected chi connectivity index (χ3v) is 2.68. The van der Waals surface area contributed by atoms with Crippen molar-refractivity contribution < 1.29 is 4.74 Å². The first-order chi connectivity index (χ1) is 9.24. The van der Waals surface area contributed by atoms with E-state index in [1.165, 1.54) is 0 Å². The summed E-state index contributed by atoms with van der Waals surface area (Å²) in [4.78, 5) is 9.14. The Hall–Kier alpha value is -2.01. The van der Waals surface area contributed by atoms with Gasteiger partial charge in [-0.05, 0) is 26.2 Å². The molecule has 1 aromatic heterocycles. The lowest BCUT2D eigenvalue weighted by atomic mass is 10.3. The van der Waals surface area contributed by atoms with E-state index in [4.69, 9.17) is 4.74 Å². The van der Waals surface area contributed by atoms with Gasteiger partial charge in [-0.1, -0.05) is 6.07 Å². The molecule has 5 nitrogen and oxygen atoms in total. The highest BCUT2D eigenvalue weighted by Crippen LogP contribution is 2.17. The Morgan fingerprint density at radius 2 is 2.26 bits per heavy atom. The van der Waals surface area contributed by atoms with E-state index in [-0.39, 0.29) is 0 Å². The number of benzene rings is 1. The first-order valence-corrected chi connectivity index (χ1v) is 6.33. The van der Waals surface area contributed by atoms with Crippen molar-refractivity contribution in [1.29, 1.82) is 0 Å². The van der Waals surface area contributed by atoms with E-state index >= 15 is 0 Å². The Kier molecular flexibility index (Phi) is 4.80. The van der Waals surface area contributed by atoms with Gasteiger partial charge in [0, 0.05) is 24.5 Å². The molecule has 102 valence electrons. The minimum absolute atomic E-state index is 0.691. The van der Waals surface area contributed by atoms with Gasteiger partial charge in [0.05, 0.1) is 18.6 Å². The number of hydrogen-bond acceptors (Lipinski definition) is 4. The Morgan fingerprint density at radius 3 is 3.00 bits per heavy atom. The van der Waals surface area contributed by atoms with Gasteiger partial charge in [0.1, 0.15) is 12.4 Å². The van der Waals surface area contributed by atoms with Gasteiger partial charge in [-0.25, -0.2) is 4.98 Å². The quantitative estimate of drug-likeness (QED) is 0.799. The molecule has 1 heterocycles. The topological polar surface area (TPSA) is 53.2 Å². The molecular formula is C14H20N4O. The average molecular weight is 260 g/mol. The van der Waals surface area contributed by atoms with Crippen molar-refractivity contribution in [3.63, 3.8) is 0 Å². The number of imidazole rings is 1. The maximum absolute atomic E-state index is 5.69. The summed E-state index contributed by atoms with van der Waals surface area (Å²) >= 11 is 0. The van der Waals surface area contributed by atoms with Gasteiger partial charge in [-0.15, -0.1) is 0 Å². The van der Waals surface area contributed by atoms with Crippen molar-refractivity contribution in [2.45, 2.75) is 6.54 Å². The molecule has 0 saturated heterocycles. The molecule has 0 fully saturated rings. The summed E-state index contributed by atoms with van der Waals surface area (Å²) in [5, 5.41) is 3.32. The Balaban J connectivity index is 1.84. The number of likely N-dealkylation sites (N-methyl/N-ethyl adjacent to an activating group) is 1. The maximum Gasteiger partial charge on any atom is 0.121 e. The average Bonchev–Trinajstić information content (AvgIpc) is 2.89. The minimum atomic E-state index is 0.691. The normalized spacial score (nSPS) is 10.7. The fraction of sp³-hybridized carbons (Fsp3) is 0.357. The summed E-state index contributed by atoms with van der Waals surface area (Å²) in [6, 6.07) is 7.98. The second kappa shape index (κ2) is 6.80. The van der Waals surface area contributed by atoms with Crippen LogP contribution in [0.1, 0.15) is 5.69 Å². The summed E-state index contributed by atoms with van der Waals surface area (Å²) in [6.07, 6.45) is 3.49. The van der Waals surface area contributed by atoms with Crippen molar-refractivity contribution in [3.8, 4) is 5.75 Å². The smallest absolute Gasteiger partial charge is 0.121 e. The molecule has 0 spiro atoms. The van der Waals surface area contributed by atoms with Gasteiger partial charge in [-0.2, -0.15) is 0 Å². The van der Waals surface area contributed by atoms with E-state index in [9.17, 15) is 0 Å². The molecule has 2 aromatic rings. The predicted octanol–water partition coefficient (Wildman–Crippen LogP) is 1.96. The molecule has 0 unspecified atom stereocenters. The summed E-state index contributed by atoms with van der Waals surface area (Å²) in [6.45, 7) is 2.32. The molecule has 0 aliphatic carbocycles. The van der Waals surface area contributed by atoms with Crippen LogP contribution in [0.2, 0.25) is 0 Å². The molecule has 0 atom stereocenters. The van der Waals surface area contributed by atoms with Gasteiger partial charge >= 0.3 is 0 Å². The molecule has 0 aliphatic rings. The van der Waals surface area contributed by atoms with E-state index in [1.54, 1.807) is 6.33 Å². The number of aromatic amines is 1. The predicted molar refractivity (Wildman–Crippen MR) is 76.4 cm³/mol. The summed E-state index contributed by atoms with van der Waals surface area (Å²) in [7, 11) is 4.07. The first-order valence-electron chi connectivity index (χ1n) is 6.33. The summed E-state index contributed by atoms with van der Waals surface area (Å²) in [5.74, 6) is 0.886. The van der Waals surface area contributed by atoms with Gasteiger partial charge in [0.25, 0.3) is 0 Å². The second-order valence-corrected chi connectivity index (χ2v) is 4.61. The van der Waals surface area contributed by atoms with Gasteiger partial charge in [-0.3, -0.25) is 0 Å². The lowest BCUT2D eigenvalue weighted by molar-refractivity contribution is 0.261. The van der Waals surface area contributed by atoms with Crippen molar-refractivity contribution in [2.24, 2.45) is 0 Å². The number of hydrogen-bond donors (Lipinski definition) is 2. The van der Waals surface area contributed by atoms with E-state index < -0.39 is 0 Å². The minimum Gasteiger partial charge on any atom is -0.492 e. The highest BCUT2D eigenvalue weighted by atomic mass is 16.5. The fourth-order valence-corrected chi connectivity index (χ4v) is 1.62. The van der Waals surface area contributed by atoms with Crippen molar-refractivity contribution in [1.82, 2.24) is 14.9 Å². The van der Waals surface area contributed by atoms with Crippen LogP contribution in [0.3, 0.4) is 0 Å². The number of anilines is 1. The maximum atomic E-state index is 5.69. The Bertz CT molecular complexity index is 482. The monoisotopic (exact) mass is 260 g/mol. The molecule has 0 amide bonds. The molecule has 0 bridgehead atoms. The van der Waals surface area contributed by atoms with Crippen LogP contribution >= 0.6 is 0 Å². The molecule has 2 N–H and O–H groups in total. The highest BCUT2D eigenvalue weighted by molar-refractivity contribution is 5.48. The number of rotatable bonds is 7. The lowest BCUT2D eigenvalue weighted by Gasteiger charge is -2.12. The highest BCUT2D eigenvalue weighted by Gasteiger charge is 1.98. The van der Waals surface area contributed by atoms with Crippen molar-refractivity contribution >= 4 is 5.69 Å². The summed E-state index contributed by atoms with van der Waals surface area (Å²) in [5.41, 5.74) is 2.09. The largest absolute Gasteiger partial charge is 0.492 e. The van der Waals surface area contributed by atoms with Crippen LogP contribution < -0.4 is 10.1 Å². The Morgan fingerprint density at radius 1 is 1.37 bits per heavy atom. The van der Waals surface area contributed by atoms with Crippen LogP contribution in [0.25, 0.3) is 0 Å². The van der Waals surface area contributed by atoms with E-state index in [0.717, 1.165) is 30.2 Å². The van der Waals surface area contributed by atoms with Gasteiger partial charge in [0.15, 0.2) is 0 Å². The lowest BCUT2D eigenvalue weighted by Crippen LogP contribution is -2.19. The van der Waals surface area contributed by atoms with Crippen molar-refractivity contribution in [2.75, 3.05) is 32.6 Å². The second-order valence-electron chi connectivity index (χ2n) is 4.61. The zero-order chi connectivity index (χ0) is 13.5. The van der Waals surface area contributed by atoms with E-state index in [0.29, 0.717) is 6.61 Å². The Labute approximate surface area is 113 Å². The number of nitrogens with one attached hydrogen (secondary N) is 2. The van der Waals surface area contributed by atoms with Crippen LogP contribution in [-0.2, 0) is 6.54 Å². The van der Waals surface area contributed by atoms with Crippen LogP contribution in [0.5, 0.6) is 5.75 Å². The molecule has 1 aromatic carbocycles. The van der Waals surface area contributed by atoms with Crippen LogP contribution in [0.4, 0.5) is 5.69 Å². The molecule has 2 rings (SSSR count). The van der Waals surface area contributed by atoms with Crippen molar-refractivity contribution in [3.05, 3.63) is 42.5 Å². The fourth-order valence-electron chi connectivity index (χ4n) is 1.62. The molecule has 0 radical (unpaired) electrons. The van der Waals surface area contributed by atoms with Crippen LogP contribution in [0.15, 0.2) is 36.8 Å². The van der Waals surface area contributed by atoms with Gasteiger partial charge < -0.3 is 19.9 Å². The number of ether oxygens (including phenoxy) is 1. The van der Waals surface area contributed by atoms with E-state index in [2.05, 4.69) is 20.2 Å². The molecule has 5 heteroatoms. The summed E-state index contributed by atoms with van der Waals surface area (Å²) < 4.78 is 5.69. The number of aromatic nitrogens is 2. The zero-order valence-electron chi connectivity index (χ0n) is 11.4. The molecule has 0 saturated carbocycles. The zero-order valence-corrected chi connectivity index (χ0v) is 11.4. The number of H-pyrrole nitrogens is 1. The van der Waals surface area contributed by atoms with Gasteiger partial charge in [0.2, 0.25) is 0 Å². The van der Waals surface area contributed by atoms with E-state index in [1.807, 2.05) is 44.6 Å². The standard InChI is InChI=1S/C14H20N4O/c1-18(2)6-7-19-14-5-3-4-12(8-14)16-10-13-9-15-11-17-13/h3-5,8-9,11,16H,6-7,10H2,1-2H3,(H,15,17). The number of nitrogens with zero attached hydrogens (tertiary/aromatic N) is 2. The molecular weight excluding hydrogens is 240 g/mol. The SMILES string of the molecule is CN(C)CCOc1cccc(NCc2cnc[nH]2)c1. The van der Waals surface area contributed by atoms with Crippen LogP contribution in [-0.4, -0.2) is 42.1 Å². The first kappa shape index (κ1) is 13.4. The van der Waals surface area contributed by atoms with Crippen LogP contribution in [0, 0.1) is 0 Å². The third-order valence-electron chi connectivity index (χ3n) is 2.68. The third kappa shape index (κ3) is 4.63.